The summed E-state index contributed by atoms with van der Waals surface area (Å²) in [6, 6.07) is 20.7. The molecule has 2 N–H and O–H groups in total. The van der Waals surface area contributed by atoms with Gasteiger partial charge in [0.15, 0.2) is 0 Å². The largest absolute Gasteiger partial charge is 0.354 e. The molecule has 0 atom stereocenters. The van der Waals surface area contributed by atoms with E-state index in [0.29, 0.717) is 17.8 Å². The van der Waals surface area contributed by atoms with Crippen molar-refractivity contribution in [1.29, 1.82) is 5.26 Å². The van der Waals surface area contributed by atoms with E-state index in [1.54, 1.807) is 30.5 Å². The smallest absolute Gasteiger partial charge is 0.270 e. The lowest BCUT2D eigenvalue weighted by molar-refractivity contribution is 0.0946. The van der Waals surface area contributed by atoms with E-state index in [0.717, 1.165) is 22.5 Å². The molecule has 2 aromatic carbocycles. The van der Waals surface area contributed by atoms with E-state index in [4.69, 9.17) is 5.26 Å². The lowest BCUT2D eigenvalue weighted by atomic mass is 10.1. The van der Waals surface area contributed by atoms with Gasteiger partial charge in [-0.3, -0.25) is 4.79 Å². The van der Waals surface area contributed by atoms with E-state index in [1.165, 1.54) is 0 Å². The van der Waals surface area contributed by atoms with Crippen LogP contribution in [-0.4, -0.2) is 10.9 Å². The van der Waals surface area contributed by atoms with Crippen LogP contribution in [0.1, 0.15) is 27.2 Å². The Morgan fingerprint density at radius 2 is 1.85 bits per heavy atom. The van der Waals surface area contributed by atoms with Gasteiger partial charge in [-0.1, -0.05) is 29.8 Å². The van der Waals surface area contributed by atoms with Gasteiger partial charge in [-0.05, 0) is 48.9 Å². The van der Waals surface area contributed by atoms with E-state index >= 15 is 0 Å². The summed E-state index contributed by atoms with van der Waals surface area (Å²) in [5.41, 5.74) is 4.80. The van der Waals surface area contributed by atoms with Crippen molar-refractivity contribution in [2.45, 2.75) is 13.5 Å². The topological polar surface area (TPSA) is 77.8 Å². The van der Waals surface area contributed by atoms with E-state index < -0.39 is 0 Å². The number of hydrogen-bond donors (Lipinski definition) is 2. The molecule has 3 rings (SSSR count). The van der Waals surface area contributed by atoms with Crippen molar-refractivity contribution >= 4 is 17.3 Å². The third-order valence-corrected chi connectivity index (χ3v) is 3.83. The summed E-state index contributed by atoms with van der Waals surface area (Å²) in [6.07, 6.45) is 1.61. The molecule has 1 amide bonds. The molecule has 0 aliphatic heterocycles. The molecular formula is C21H18N4O. The van der Waals surface area contributed by atoms with Crippen LogP contribution in [0.4, 0.5) is 11.4 Å². The van der Waals surface area contributed by atoms with Gasteiger partial charge in [0.05, 0.1) is 23.5 Å². The summed E-state index contributed by atoms with van der Waals surface area (Å²) in [6.45, 7) is 2.49. The van der Waals surface area contributed by atoms with Crippen LogP contribution in [0.3, 0.4) is 0 Å². The van der Waals surface area contributed by atoms with Gasteiger partial charge in [0.25, 0.3) is 5.91 Å². The molecule has 0 saturated carbocycles. The predicted octanol–water partition coefficient (Wildman–Crippen LogP) is 3.94. The summed E-state index contributed by atoms with van der Waals surface area (Å²) in [5.74, 6) is -0.212. The molecule has 0 fully saturated rings. The molecule has 0 radical (unpaired) electrons. The van der Waals surface area contributed by atoms with Crippen molar-refractivity contribution in [3.05, 3.63) is 89.2 Å². The van der Waals surface area contributed by atoms with Gasteiger partial charge >= 0.3 is 0 Å². The second-order valence-electron chi connectivity index (χ2n) is 5.92. The van der Waals surface area contributed by atoms with Crippen molar-refractivity contribution in [1.82, 2.24) is 10.3 Å². The number of pyridine rings is 1. The average molecular weight is 342 g/mol. The number of carbonyl (C=O) groups is 1. The van der Waals surface area contributed by atoms with Crippen LogP contribution in [0, 0.1) is 18.3 Å². The average Bonchev–Trinajstić information content (AvgIpc) is 2.67. The van der Waals surface area contributed by atoms with Gasteiger partial charge in [-0.2, -0.15) is 5.26 Å². The first-order chi connectivity index (χ1) is 12.6. The third-order valence-electron chi connectivity index (χ3n) is 3.83. The number of carbonyl (C=O) groups excluding carboxylic acids is 1. The maximum Gasteiger partial charge on any atom is 0.270 e. The van der Waals surface area contributed by atoms with E-state index in [2.05, 4.69) is 21.7 Å². The van der Waals surface area contributed by atoms with E-state index in [-0.39, 0.29) is 5.91 Å². The maximum atomic E-state index is 12.2. The van der Waals surface area contributed by atoms with Crippen LogP contribution in [0.15, 0.2) is 66.9 Å². The van der Waals surface area contributed by atoms with Gasteiger partial charge < -0.3 is 10.6 Å². The van der Waals surface area contributed by atoms with Gasteiger partial charge in [0, 0.05) is 12.2 Å². The highest BCUT2D eigenvalue weighted by Crippen LogP contribution is 2.16. The maximum absolute atomic E-state index is 12.2. The van der Waals surface area contributed by atoms with Crippen LogP contribution in [-0.2, 0) is 6.54 Å². The lowest BCUT2D eigenvalue weighted by Crippen LogP contribution is -2.23. The number of rotatable bonds is 5. The van der Waals surface area contributed by atoms with Gasteiger partial charge in [-0.15, -0.1) is 0 Å². The van der Waals surface area contributed by atoms with Crippen molar-refractivity contribution < 1.29 is 4.79 Å². The van der Waals surface area contributed by atoms with Gasteiger partial charge in [-0.25, -0.2) is 4.98 Å². The van der Waals surface area contributed by atoms with Crippen LogP contribution in [0.25, 0.3) is 0 Å². The Labute approximate surface area is 152 Å². The molecule has 0 aliphatic carbocycles. The number of aromatic nitrogens is 1. The molecule has 5 heteroatoms. The fraction of sp³-hybridized carbons (Fsp3) is 0.0952. The summed E-state index contributed by atoms with van der Waals surface area (Å²) >= 11 is 0. The fourth-order valence-corrected chi connectivity index (χ4v) is 2.49. The van der Waals surface area contributed by atoms with E-state index in [9.17, 15) is 4.79 Å². The fourth-order valence-electron chi connectivity index (χ4n) is 2.49. The number of nitrogens with one attached hydrogen (secondary N) is 2. The number of anilines is 2. The Balaban J connectivity index is 1.59. The van der Waals surface area contributed by atoms with Crippen molar-refractivity contribution in [2.24, 2.45) is 0 Å². The second-order valence-corrected chi connectivity index (χ2v) is 5.92. The number of amides is 1. The first-order valence-electron chi connectivity index (χ1n) is 8.21. The first kappa shape index (κ1) is 17.2. The Bertz CT molecular complexity index is 941. The molecule has 0 spiro atoms. The van der Waals surface area contributed by atoms with Crippen molar-refractivity contribution in [3.63, 3.8) is 0 Å². The quantitative estimate of drug-likeness (QED) is 0.736. The lowest BCUT2D eigenvalue weighted by Gasteiger charge is -2.08. The Hall–Kier alpha value is -3.65. The number of hydrogen-bond acceptors (Lipinski definition) is 4. The molecule has 5 nitrogen and oxygen atoms in total. The monoisotopic (exact) mass is 342 g/mol. The molecule has 128 valence electrons. The number of aryl methyl sites for hydroxylation is 1. The summed E-state index contributed by atoms with van der Waals surface area (Å²) in [5, 5.41) is 14.9. The first-order valence-corrected chi connectivity index (χ1v) is 8.21. The zero-order valence-corrected chi connectivity index (χ0v) is 14.4. The second kappa shape index (κ2) is 7.95. The van der Waals surface area contributed by atoms with E-state index in [1.807, 2.05) is 43.3 Å². The molecule has 3 aromatic rings. The number of benzene rings is 2. The molecular weight excluding hydrogens is 324 g/mol. The number of nitriles is 1. The van der Waals surface area contributed by atoms with Crippen LogP contribution in [0.5, 0.6) is 0 Å². The summed E-state index contributed by atoms with van der Waals surface area (Å²) in [7, 11) is 0. The Morgan fingerprint density at radius 1 is 1.08 bits per heavy atom. The van der Waals surface area contributed by atoms with Crippen LogP contribution >= 0.6 is 0 Å². The highest BCUT2D eigenvalue weighted by molar-refractivity contribution is 5.92. The molecule has 26 heavy (non-hydrogen) atoms. The Kier molecular flexibility index (Phi) is 5.25. The minimum atomic E-state index is -0.212. The molecule has 0 saturated heterocycles. The number of nitrogens with zero attached hydrogens (tertiary/aromatic N) is 2. The molecule has 0 unspecified atom stereocenters. The minimum Gasteiger partial charge on any atom is -0.354 e. The van der Waals surface area contributed by atoms with Crippen LogP contribution in [0.2, 0.25) is 0 Å². The minimum absolute atomic E-state index is 0.212. The standard InChI is InChI=1S/C21H18N4O/c1-15-3-2-4-17(11-15)13-24-21(26)20-10-9-19(14-23-20)25-18-7-5-16(12-22)6-8-18/h2-11,14,25H,13H2,1H3,(H,24,26). The normalized spacial score (nSPS) is 10.0. The summed E-state index contributed by atoms with van der Waals surface area (Å²) in [4.78, 5) is 16.4. The van der Waals surface area contributed by atoms with Crippen molar-refractivity contribution in [2.75, 3.05) is 5.32 Å². The molecule has 0 bridgehead atoms. The van der Waals surface area contributed by atoms with Crippen molar-refractivity contribution in [3.8, 4) is 6.07 Å². The highest BCUT2D eigenvalue weighted by atomic mass is 16.1. The predicted molar refractivity (Wildman–Crippen MR) is 101 cm³/mol. The zero-order valence-electron chi connectivity index (χ0n) is 14.4. The van der Waals surface area contributed by atoms with Gasteiger partial charge in [0.2, 0.25) is 0 Å². The molecule has 1 heterocycles. The van der Waals surface area contributed by atoms with Gasteiger partial charge in [0.1, 0.15) is 5.69 Å². The zero-order chi connectivity index (χ0) is 18.4. The summed E-state index contributed by atoms with van der Waals surface area (Å²) < 4.78 is 0. The molecule has 1 aromatic heterocycles. The highest BCUT2D eigenvalue weighted by Gasteiger charge is 2.07. The SMILES string of the molecule is Cc1cccc(CNC(=O)c2ccc(Nc3ccc(C#N)cc3)cn2)c1. The molecule has 0 aliphatic rings. The van der Waals surface area contributed by atoms with Crippen LogP contribution < -0.4 is 10.6 Å². The Morgan fingerprint density at radius 3 is 2.50 bits per heavy atom. The third kappa shape index (κ3) is 4.46.